The molecular weight excluding hydrogens is 352 g/mol. The van der Waals surface area contributed by atoms with Gasteiger partial charge in [0.2, 0.25) is 0 Å². The Balaban J connectivity index is 1.52. The lowest BCUT2D eigenvalue weighted by molar-refractivity contribution is -0.0422. The van der Waals surface area contributed by atoms with Gasteiger partial charge < -0.3 is 5.11 Å². The van der Waals surface area contributed by atoms with E-state index in [0.717, 1.165) is 48.3 Å². The van der Waals surface area contributed by atoms with Gasteiger partial charge in [0.15, 0.2) is 0 Å². The first-order valence-corrected chi connectivity index (χ1v) is 12.7. The predicted octanol–water partition coefficient (Wildman–Crippen LogP) is 7.55. The summed E-state index contributed by atoms with van der Waals surface area (Å²) >= 11 is 0. The van der Waals surface area contributed by atoms with E-state index in [0.29, 0.717) is 5.41 Å². The molecule has 0 bridgehead atoms. The molecule has 3 fully saturated rings. The lowest BCUT2D eigenvalue weighted by Gasteiger charge is -2.59. The van der Waals surface area contributed by atoms with Crippen LogP contribution in [-0.4, -0.2) is 11.2 Å². The molecular formula is C28H46O. The van der Waals surface area contributed by atoms with E-state index in [1.54, 1.807) is 0 Å². The minimum Gasteiger partial charge on any atom is -0.392 e. The predicted molar refractivity (Wildman–Crippen MR) is 124 cm³/mol. The van der Waals surface area contributed by atoms with E-state index in [4.69, 9.17) is 0 Å². The van der Waals surface area contributed by atoms with Crippen molar-refractivity contribution in [1.29, 1.82) is 0 Å². The molecule has 0 aromatic rings. The highest BCUT2D eigenvalue weighted by molar-refractivity contribution is 5.36. The zero-order chi connectivity index (χ0) is 21.0. The highest BCUT2D eigenvalue weighted by atomic mass is 16.3. The molecule has 0 unspecified atom stereocenters. The molecule has 1 nitrogen and oxygen atoms in total. The van der Waals surface area contributed by atoms with E-state index in [1.807, 2.05) is 0 Å². The summed E-state index contributed by atoms with van der Waals surface area (Å²) in [6.07, 6.45) is 15.2. The molecule has 3 saturated carbocycles. The molecule has 0 amide bonds. The Labute approximate surface area is 180 Å². The first-order valence-electron chi connectivity index (χ1n) is 12.7. The summed E-state index contributed by atoms with van der Waals surface area (Å²) in [6, 6.07) is 0. The Morgan fingerprint density at radius 2 is 1.83 bits per heavy atom. The number of fused-ring (bicyclic) bond motifs is 5. The Bertz CT molecular complexity index is 659. The van der Waals surface area contributed by atoms with Crippen LogP contribution in [0, 0.1) is 46.3 Å². The minimum atomic E-state index is -0.199. The summed E-state index contributed by atoms with van der Waals surface area (Å²) in [5.41, 5.74) is 3.54. The first-order chi connectivity index (χ1) is 13.7. The summed E-state index contributed by atoms with van der Waals surface area (Å²) in [4.78, 5) is 0. The molecule has 0 aromatic carbocycles. The van der Waals surface area contributed by atoms with Gasteiger partial charge in [-0.15, -0.1) is 0 Å². The number of aliphatic hydroxyl groups excluding tert-OH is 1. The standard InChI is InChI=1S/C28H46O/c1-18(2)8-7-9-19(3)24-12-13-25-23-11-10-21-17-22(29)16-20(4)28(21,6)26(23)14-15-27(24,25)5/h10,18-19,22-26,29H,4,7-9,11-17H2,1-3,5-6H3/t19-,22+,23+,24-,25+,26+,27-,28-/m1/s1. The van der Waals surface area contributed by atoms with Crippen LogP contribution in [0.5, 0.6) is 0 Å². The van der Waals surface area contributed by atoms with Crippen LogP contribution in [0.4, 0.5) is 0 Å². The fraction of sp³-hybridized carbons (Fsp3) is 0.857. The summed E-state index contributed by atoms with van der Waals surface area (Å²) in [5.74, 6) is 5.14. The molecule has 8 atom stereocenters. The number of allylic oxidation sites excluding steroid dienone is 1. The van der Waals surface area contributed by atoms with Crippen molar-refractivity contribution in [2.24, 2.45) is 46.3 Å². The lowest BCUT2D eigenvalue weighted by atomic mass is 9.46. The van der Waals surface area contributed by atoms with Crippen molar-refractivity contribution < 1.29 is 5.11 Å². The van der Waals surface area contributed by atoms with Crippen LogP contribution >= 0.6 is 0 Å². The maximum absolute atomic E-state index is 10.3. The largest absolute Gasteiger partial charge is 0.392 e. The minimum absolute atomic E-state index is 0.157. The van der Waals surface area contributed by atoms with Gasteiger partial charge in [0.1, 0.15) is 0 Å². The van der Waals surface area contributed by atoms with Crippen LogP contribution in [0.1, 0.15) is 98.8 Å². The number of aliphatic hydroxyl groups is 1. The van der Waals surface area contributed by atoms with Crippen molar-refractivity contribution in [2.75, 3.05) is 0 Å². The second-order valence-corrected chi connectivity index (χ2v) is 12.2. The molecule has 1 heteroatoms. The molecule has 164 valence electrons. The highest BCUT2D eigenvalue weighted by Gasteiger charge is 2.59. The van der Waals surface area contributed by atoms with Gasteiger partial charge in [0.25, 0.3) is 0 Å². The number of hydrogen-bond acceptors (Lipinski definition) is 1. The zero-order valence-electron chi connectivity index (χ0n) is 19.8. The first kappa shape index (κ1) is 21.7. The van der Waals surface area contributed by atoms with Crippen LogP contribution < -0.4 is 0 Å². The fourth-order valence-electron chi connectivity index (χ4n) is 8.69. The fourth-order valence-corrected chi connectivity index (χ4v) is 8.69. The average Bonchev–Trinajstić information content (AvgIpc) is 3.00. The van der Waals surface area contributed by atoms with Gasteiger partial charge in [-0.1, -0.05) is 77.7 Å². The van der Waals surface area contributed by atoms with Crippen LogP contribution in [0.3, 0.4) is 0 Å². The highest BCUT2D eigenvalue weighted by Crippen LogP contribution is 2.68. The van der Waals surface area contributed by atoms with Crippen LogP contribution in [0.2, 0.25) is 0 Å². The smallest absolute Gasteiger partial charge is 0.0614 e. The molecule has 1 N–H and O–H groups in total. The molecule has 4 aliphatic rings. The summed E-state index contributed by atoms with van der Waals surface area (Å²) in [6.45, 7) is 16.9. The third-order valence-corrected chi connectivity index (χ3v) is 10.4. The van der Waals surface area contributed by atoms with Crippen LogP contribution in [0.25, 0.3) is 0 Å². The van der Waals surface area contributed by atoms with E-state index >= 15 is 0 Å². The van der Waals surface area contributed by atoms with Crippen molar-refractivity contribution in [3.63, 3.8) is 0 Å². The van der Waals surface area contributed by atoms with E-state index in [1.165, 1.54) is 62.5 Å². The van der Waals surface area contributed by atoms with Gasteiger partial charge in [0, 0.05) is 5.41 Å². The molecule has 0 aromatic heterocycles. The average molecular weight is 399 g/mol. The van der Waals surface area contributed by atoms with Crippen molar-refractivity contribution in [3.05, 3.63) is 23.8 Å². The Hall–Kier alpha value is -0.560. The van der Waals surface area contributed by atoms with E-state index in [9.17, 15) is 5.11 Å². The third kappa shape index (κ3) is 3.48. The molecule has 4 rings (SSSR count). The zero-order valence-corrected chi connectivity index (χ0v) is 19.8. The van der Waals surface area contributed by atoms with Gasteiger partial charge in [-0.2, -0.15) is 0 Å². The second-order valence-electron chi connectivity index (χ2n) is 12.2. The van der Waals surface area contributed by atoms with Crippen molar-refractivity contribution in [1.82, 2.24) is 0 Å². The monoisotopic (exact) mass is 398 g/mol. The van der Waals surface area contributed by atoms with Crippen molar-refractivity contribution in [2.45, 2.75) is 105 Å². The van der Waals surface area contributed by atoms with Crippen molar-refractivity contribution in [3.8, 4) is 0 Å². The van der Waals surface area contributed by atoms with Gasteiger partial charge >= 0.3 is 0 Å². The topological polar surface area (TPSA) is 20.2 Å². The van der Waals surface area contributed by atoms with Gasteiger partial charge in [0.05, 0.1) is 6.10 Å². The maximum Gasteiger partial charge on any atom is 0.0614 e. The number of rotatable bonds is 5. The van der Waals surface area contributed by atoms with Crippen molar-refractivity contribution >= 4 is 0 Å². The Morgan fingerprint density at radius 1 is 1.07 bits per heavy atom. The molecule has 29 heavy (non-hydrogen) atoms. The normalized spacial score (nSPS) is 45.4. The SMILES string of the molecule is C=C1C[C@H](O)CC2=CC[C@@H]3[C@H](CC[C@]4(C)[C@@H]([C@H](C)CCCC(C)C)CC[C@@H]34)[C@]12C. The molecule has 4 aliphatic carbocycles. The quantitative estimate of drug-likeness (QED) is 0.474. The molecule has 0 spiro atoms. The molecule has 0 saturated heterocycles. The van der Waals surface area contributed by atoms with Crippen LogP contribution in [0.15, 0.2) is 23.8 Å². The van der Waals surface area contributed by atoms with E-state index in [2.05, 4.69) is 47.3 Å². The van der Waals surface area contributed by atoms with Gasteiger partial charge in [-0.05, 0) is 85.9 Å². The van der Waals surface area contributed by atoms with Crippen LogP contribution in [-0.2, 0) is 0 Å². The van der Waals surface area contributed by atoms with E-state index in [-0.39, 0.29) is 11.5 Å². The Morgan fingerprint density at radius 3 is 2.55 bits per heavy atom. The number of hydrogen-bond donors (Lipinski definition) is 1. The Kier molecular flexibility index (Phi) is 5.86. The second kappa shape index (κ2) is 7.85. The summed E-state index contributed by atoms with van der Waals surface area (Å²) in [5, 5.41) is 10.3. The lowest BCUT2D eigenvalue weighted by Crippen LogP contribution is -2.51. The summed E-state index contributed by atoms with van der Waals surface area (Å²) in [7, 11) is 0. The van der Waals surface area contributed by atoms with Gasteiger partial charge in [-0.3, -0.25) is 0 Å². The molecule has 0 heterocycles. The molecule has 0 aliphatic heterocycles. The van der Waals surface area contributed by atoms with Gasteiger partial charge in [-0.25, -0.2) is 0 Å². The maximum atomic E-state index is 10.3. The molecule has 0 radical (unpaired) electrons. The summed E-state index contributed by atoms with van der Waals surface area (Å²) < 4.78 is 0. The third-order valence-electron chi connectivity index (χ3n) is 10.4. The van der Waals surface area contributed by atoms with E-state index < -0.39 is 0 Å².